The lowest BCUT2D eigenvalue weighted by Crippen LogP contribution is -2.43. The second kappa shape index (κ2) is 10.3. The molecule has 2 aromatic carbocycles. The van der Waals surface area contributed by atoms with E-state index >= 15 is 0 Å². The molecular weight excluding hydrogens is 459 g/mol. The van der Waals surface area contributed by atoms with Crippen LogP contribution < -0.4 is 16.0 Å². The number of anilines is 2. The fourth-order valence-corrected chi connectivity index (χ4v) is 4.17. The van der Waals surface area contributed by atoms with Crippen molar-refractivity contribution in [2.45, 2.75) is 58.9 Å². The molecule has 0 bridgehead atoms. The number of alkyl halides is 3. The number of carbonyl (C=O) groups is 2. The van der Waals surface area contributed by atoms with Crippen molar-refractivity contribution in [1.29, 1.82) is 0 Å². The number of nitrogens with one attached hydrogen (secondary N) is 3. The van der Waals surface area contributed by atoms with Crippen LogP contribution in [-0.4, -0.2) is 24.1 Å². The molecule has 0 aromatic heterocycles. The normalized spacial score (nSPS) is 20.7. The summed E-state index contributed by atoms with van der Waals surface area (Å²) in [6.07, 6.45) is -4.48. The number of aryl methyl sites for hydroxylation is 1. The zero-order valence-corrected chi connectivity index (χ0v) is 20.5. The highest BCUT2D eigenvalue weighted by molar-refractivity contribution is 5.93. The van der Waals surface area contributed by atoms with Crippen LogP contribution >= 0.6 is 0 Å². The number of amides is 2. The predicted molar refractivity (Wildman–Crippen MR) is 129 cm³/mol. The lowest BCUT2D eigenvalue weighted by Gasteiger charge is -2.35. The summed E-state index contributed by atoms with van der Waals surface area (Å²) < 4.78 is 45.1. The average Bonchev–Trinajstić information content (AvgIpc) is 2.73. The first-order chi connectivity index (χ1) is 16.2. The molecule has 0 aliphatic carbocycles. The van der Waals surface area contributed by atoms with Crippen molar-refractivity contribution in [2.24, 2.45) is 11.8 Å². The van der Waals surface area contributed by atoms with E-state index < -0.39 is 29.4 Å². The maximum absolute atomic E-state index is 13.3. The molecule has 3 N–H and O–H groups in total. The smallest absolute Gasteiger partial charge is 0.416 e. The van der Waals surface area contributed by atoms with Crippen LogP contribution in [0.25, 0.3) is 0 Å². The molecule has 1 saturated heterocycles. The molecule has 0 radical (unpaired) electrons. The number of rotatable bonds is 4. The Morgan fingerprint density at radius 3 is 2.23 bits per heavy atom. The van der Waals surface area contributed by atoms with Gasteiger partial charge in [0.05, 0.1) is 11.5 Å². The highest BCUT2D eigenvalue weighted by Crippen LogP contribution is 2.36. The standard InChI is InChI=1S/C26H32F3N3O3/c1-15-12-20(23(33)31-19-9-6-16(2)21(13-19)26(27,28)29)22(30-14-15)17-7-10-18(11-8-17)32-24(34)35-25(3,4)5/h6-11,13,15,20,22,30H,12,14H2,1-5H3,(H,31,33)(H,32,34)/t15-,20+,22+/m1/s1. The molecule has 2 aromatic rings. The van der Waals surface area contributed by atoms with Gasteiger partial charge in [0.25, 0.3) is 0 Å². The van der Waals surface area contributed by atoms with E-state index in [0.717, 1.165) is 11.6 Å². The van der Waals surface area contributed by atoms with Gasteiger partial charge in [-0.3, -0.25) is 10.1 Å². The molecule has 3 rings (SSSR count). The SMILES string of the molecule is Cc1ccc(NC(=O)[C@H]2C[C@@H](C)CN[C@H]2c2ccc(NC(=O)OC(C)(C)C)cc2)cc1C(F)(F)F. The lowest BCUT2D eigenvalue weighted by atomic mass is 9.81. The Kier molecular flexibility index (Phi) is 7.79. The van der Waals surface area contributed by atoms with Crippen LogP contribution in [0.5, 0.6) is 0 Å². The van der Waals surface area contributed by atoms with E-state index in [4.69, 9.17) is 4.74 Å². The minimum Gasteiger partial charge on any atom is -0.444 e. The highest BCUT2D eigenvalue weighted by atomic mass is 19.4. The second-order valence-electron chi connectivity index (χ2n) is 10.1. The molecule has 1 aliphatic heterocycles. The van der Waals surface area contributed by atoms with Crippen molar-refractivity contribution in [3.05, 3.63) is 59.2 Å². The molecule has 3 atom stereocenters. The lowest BCUT2D eigenvalue weighted by molar-refractivity contribution is -0.138. The molecule has 190 valence electrons. The fraction of sp³-hybridized carbons (Fsp3) is 0.462. The van der Waals surface area contributed by atoms with E-state index in [1.807, 2.05) is 19.1 Å². The molecule has 2 amide bonds. The van der Waals surface area contributed by atoms with Gasteiger partial charge in [0.2, 0.25) is 5.91 Å². The molecule has 1 heterocycles. The second-order valence-corrected chi connectivity index (χ2v) is 10.1. The maximum Gasteiger partial charge on any atom is 0.416 e. The first-order valence-electron chi connectivity index (χ1n) is 11.5. The average molecular weight is 492 g/mol. The molecule has 6 nitrogen and oxygen atoms in total. The Bertz CT molecular complexity index is 1060. The minimum atomic E-state index is -4.50. The van der Waals surface area contributed by atoms with Gasteiger partial charge >= 0.3 is 12.3 Å². The minimum absolute atomic E-state index is 0.0985. The van der Waals surface area contributed by atoms with E-state index in [0.29, 0.717) is 18.7 Å². The van der Waals surface area contributed by atoms with Crippen LogP contribution in [-0.2, 0) is 15.7 Å². The Morgan fingerprint density at radius 1 is 1.00 bits per heavy atom. The summed E-state index contributed by atoms with van der Waals surface area (Å²) in [5.41, 5.74) is 0.212. The topological polar surface area (TPSA) is 79.5 Å². The van der Waals surface area contributed by atoms with Gasteiger partial charge in [-0.25, -0.2) is 4.79 Å². The van der Waals surface area contributed by atoms with Gasteiger partial charge in [0.1, 0.15) is 5.60 Å². The molecule has 0 unspecified atom stereocenters. The van der Waals surface area contributed by atoms with Crippen LogP contribution in [0, 0.1) is 18.8 Å². The third-order valence-corrected chi connectivity index (χ3v) is 5.81. The Morgan fingerprint density at radius 2 is 1.63 bits per heavy atom. The summed E-state index contributed by atoms with van der Waals surface area (Å²) in [6, 6.07) is 10.6. The monoisotopic (exact) mass is 491 g/mol. The zero-order valence-electron chi connectivity index (χ0n) is 20.5. The van der Waals surface area contributed by atoms with Gasteiger partial charge in [0.15, 0.2) is 0 Å². The number of piperidine rings is 1. The maximum atomic E-state index is 13.3. The van der Waals surface area contributed by atoms with E-state index in [1.165, 1.54) is 19.1 Å². The van der Waals surface area contributed by atoms with Crippen molar-refractivity contribution in [3.8, 4) is 0 Å². The Labute approximate surface area is 203 Å². The summed E-state index contributed by atoms with van der Waals surface area (Å²) in [4.78, 5) is 25.2. The van der Waals surface area contributed by atoms with E-state index in [2.05, 4.69) is 16.0 Å². The summed E-state index contributed by atoms with van der Waals surface area (Å²) >= 11 is 0. The van der Waals surface area contributed by atoms with Gasteiger partial charge < -0.3 is 15.4 Å². The molecule has 1 aliphatic rings. The number of halogens is 3. The number of benzene rings is 2. The number of hydrogen-bond acceptors (Lipinski definition) is 4. The van der Waals surface area contributed by atoms with Gasteiger partial charge in [0, 0.05) is 17.4 Å². The third kappa shape index (κ3) is 7.21. The number of carbonyl (C=O) groups excluding carboxylic acids is 2. The van der Waals surface area contributed by atoms with Gasteiger partial charge in [-0.05, 0) is 82.0 Å². The van der Waals surface area contributed by atoms with Crippen molar-refractivity contribution in [3.63, 3.8) is 0 Å². The van der Waals surface area contributed by atoms with Crippen LogP contribution in [0.1, 0.15) is 56.8 Å². The summed E-state index contributed by atoms with van der Waals surface area (Å²) in [5.74, 6) is -0.611. The zero-order chi connectivity index (χ0) is 26.0. The van der Waals surface area contributed by atoms with Crippen molar-refractivity contribution >= 4 is 23.4 Å². The Balaban J connectivity index is 1.75. The van der Waals surface area contributed by atoms with Gasteiger partial charge in [-0.1, -0.05) is 25.1 Å². The molecular formula is C26H32F3N3O3. The van der Waals surface area contributed by atoms with Gasteiger partial charge in [-0.15, -0.1) is 0 Å². The summed E-state index contributed by atoms with van der Waals surface area (Å²) in [7, 11) is 0. The van der Waals surface area contributed by atoms with Crippen molar-refractivity contribution in [1.82, 2.24) is 5.32 Å². The van der Waals surface area contributed by atoms with Crippen molar-refractivity contribution in [2.75, 3.05) is 17.2 Å². The van der Waals surface area contributed by atoms with Crippen LogP contribution in [0.4, 0.5) is 29.3 Å². The summed E-state index contributed by atoms with van der Waals surface area (Å²) in [6.45, 7) is 9.43. The van der Waals surface area contributed by atoms with Crippen LogP contribution in [0.2, 0.25) is 0 Å². The summed E-state index contributed by atoms with van der Waals surface area (Å²) in [5, 5.41) is 8.73. The number of ether oxygens (including phenoxy) is 1. The predicted octanol–water partition coefficient (Wildman–Crippen LogP) is 6.29. The Hall–Kier alpha value is -3.07. The molecule has 1 fully saturated rings. The largest absolute Gasteiger partial charge is 0.444 e. The van der Waals surface area contributed by atoms with Gasteiger partial charge in [-0.2, -0.15) is 13.2 Å². The van der Waals surface area contributed by atoms with Crippen LogP contribution in [0.3, 0.4) is 0 Å². The van der Waals surface area contributed by atoms with E-state index in [9.17, 15) is 22.8 Å². The van der Waals surface area contributed by atoms with E-state index in [-0.39, 0.29) is 29.1 Å². The quantitative estimate of drug-likeness (QED) is 0.470. The fourth-order valence-electron chi connectivity index (χ4n) is 4.17. The molecule has 35 heavy (non-hydrogen) atoms. The third-order valence-electron chi connectivity index (χ3n) is 5.81. The van der Waals surface area contributed by atoms with Crippen LogP contribution in [0.15, 0.2) is 42.5 Å². The number of hydrogen-bond donors (Lipinski definition) is 3. The highest BCUT2D eigenvalue weighted by Gasteiger charge is 2.36. The first-order valence-corrected chi connectivity index (χ1v) is 11.5. The molecule has 0 spiro atoms. The van der Waals surface area contributed by atoms with E-state index in [1.54, 1.807) is 32.9 Å². The van der Waals surface area contributed by atoms with Crippen molar-refractivity contribution < 1.29 is 27.5 Å². The molecule has 9 heteroatoms. The molecule has 0 saturated carbocycles. The first kappa shape index (κ1) is 26.5.